The number of hydrogen-bond acceptors (Lipinski definition) is 3. The zero-order valence-corrected chi connectivity index (χ0v) is 15.8. The fourth-order valence-corrected chi connectivity index (χ4v) is 3.26. The third-order valence-corrected chi connectivity index (χ3v) is 4.69. The van der Waals surface area contributed by atoms with E-state index in [1.807, 2.05) is 0 Å². The number of allylic oxidation sites excluding steroid dienone is 1. The first-order valence-electron chi connectivity index (χ1n) is 7.80. The van der Waals surface area contributed by atoms with Crippen LogP contribution < -0.4 is 0 Å². The summed E-state index contributed by atoms with van der Waals surface area (Å²) in [6.07, 6.45) is 5.22. The third kappa shape index (κ3) is 4.76. The van der Waals surface area contributed by atoms with Crippen LogP contribution in [0.25, 0.3) is 0 Å². The minimum Gasteiger partial charge on any atom is -0.394 e. The van der Waals surface area contributed by atoms with Crippen molar-refractivity contribution in [2.75, 3.05) is 6.61 Å². The van der Waals surface area contributed by atoms with E-state index >= 15 is 0 Å². The quantitative estimate of drug-likeness (QED) is 0.458. The van der Waals surface area contributed by atoms with Crippen molar-refractivity contribution < 1.29 is 14.4 Å². The van der Waals surface area contributed by atoms with Gasteiger partial charge in [-0.05, 0) is 23.2 Å². The molecule has 0 saturated carbocycles. The summed E-state index contributed by atoms with van der Waals surface area (Å²) in [7, 11) is 2.38. The minimum atomic E-state index is -0.238. The monoisotopic (exact) mass is 316 g/mol. The van der Waals surface area contributed by atoms with Crippen LogP contribution in [-0.2, 0) is 9.26 Å². The highest BCUT2D eigenvalue weighted by molar-refractivity contribution is 7.09. The van der Waals surface area contributed by atoms with E-state index in [0.717, 1.165) is 6.42 Å². The summed E-state index contributed by atoms with van der Waals surface area (Å²) in [5, 5.41) is 9.45. The van der Waals surface area contributed by atoms with E-state index < -0.39 is 0 Å². The van der Waals surface area contributed by atoms with Gasteiger partial charge >= 0.3 is 0 Å². The first kappa shape index (κ1) is 19.1. The molecular formula is C17H33O3P. The van der Waals surface area contributed by atoms with Crippen molar-refractivity contribution >= 4 is 9.47 Å². The Labute approximate surface area is 132 Å². The summed E-state index contributed by atoms with van der Waals surface area (Å²) >= 11 is 0. The topological polar surface area (TPSA) is 42.0 Å². The standard InChI is InChI=1S/C17H33O3P/c1-12(13(20-21)8-9-15(2,3)4)10-17(16(5,6)7)14(11-18)19-17/h8-9,12-14,18H,10-11,21H2,1-7H3/t12-,13+,14-,17+/m1/s1. The van der Waals surface area contributed by atoms with E-state index in [2.05, 4.69) is 70.1 Å². The molecule has 1 unspecified atom stereocenters. The Balaban J connectivity index is 2.78. The van der Waals surface area contributed by atoms with Crippen molar-refractivity contribution in [2.45, 2.75) is 72.7 Å². The van der Waals surface area contributed by atoms with Crippen LogP contribution in [0.4, 0.5) is 0 Å². The summed E-state index contributed by atoms with van der Waals surface area (Å²) < 4.78 is 11.5. The molecule has 1 aliphatic rings. The Hall–Kier alpha value is 0.0500. The van der Waals surface area contributed by atoms with Gasteiger partial charge in [-0.2, -0.15) is 0 Å². The lowest BCUT2D eigenvalue weighted by atomic mass is 9.72. The van der Waals surface area contributed by atoms with Gasteiger partial charge in [0.25, 0.3) is 0 Å². The summed E-state index contributed by atoms with van der Waals surface area (Å²) in [5.74, 6) is 0.317. The maximum absolute atomic E-state index is 9.45. The fraction of sp³-hybridized carbons (Fsp3) is 0.882. The molecule has 1 aliphatic heterocycles. The molecule has 0 aromatic rings. The van der Waals surface area contributed by atoms with E-state index in [0.29, 0.717) is 5.92 Å². The van der Waals surface area contributed by atoms with Crippen molar-refractivity contribution in [3.05, 3.63) is 12.2 Å². The van der Waals surface area contributed by atoms with Gasteiger partial charge < -0.3 is 14.4 Å². The van der Waals surface area contributed by atoms with Gasteiger partial charge in [-0.1, -0.05) is 60.6 Å². The highest BCUT2D eigenvalue weighted by Crippen LogP contribution is 2.54. The summed E-state index contributed by atoms with van der Waals surface area (Å²) in [6, 6.07) is 0. The second-order valence-electron chi connectivity index (χ2n) is 8.44. The Morgan fingerprint density at radius 1 is 1.29 bits per heavy atom. The zero-order valence-electron chi connectivity index (χ0n) is 14.6. The predicted octanol–water partition coefficient (Wildman–Crippen LogP) is 3.97. The highest BCUT2D eigenvalue weighted by Gasteiger charge is 2.63. The van der Waals surface area contributed by atoms with E-state index in [9.17, 15) is 5.11 Å². The Bertz CT molecular complexity index is 367. The SMILES string of the molecule is C[C@H](C[C@]1(C(C)(C)C)O[C@@H]1CO)[C@H](C=CC(C)(C)C)OP. The van der Waals surface area contributed by atoms with E-state index in [1.165, 1.54) is 0 Å². The second kappa shape index (κ2) is 6.66. The van der Waals surface area contributed by atoms with Gasteiger partial charge in [-0.25, -0.2) is 0 Å². The Kier molecular flexibility index (Phi) is 6.06. The number of epoxide rings is 1. The first-order chi connectivity index (χ1) is 9.47. The van der Waals surface area contributed by atoms with Crippen LogP contribution in [0.1, 0.15) is 54.9 Å². The molecule has 3 nitrogen and oxygen atoms in total. The summed E-state index contributed by atoms with van der Waals surface area (Å²) in [4.78, 5) is 0. The van der Waals surface area contributed by atoms with Crippen LogP contribution in [0.3, 0.4) is 0 Å². The smallest absolute Gasteiger partial charge is 0.111 e. The molecule has 0 radical (unpaired) electrons. The predicted molar refractivity (Wildman–Crippen MR) is 91.1 cm³/mol. The Morgan fingerprint density at radius 2 is 1.86 bits per heavy atom. The van der Waals surface area contributed by atoms with Gasteiger partial charge in [0.15, 0.2) is 0 Å². The number of ether oxygens (including phenoxy) is 1. The molecule has 1 N–H and O–H groups in total. The molecule has 5 atom stereocenters. The lowest BCUT2D eigenvalue weighted by molar-refractivity contribution is 0.100. The van der Waals surface area contributed by atoms with Gasteiger partial charge in [-0.15, -0.1) is 0 Å². The van der Waals surface area contributed by atoms with Gasteiger partial charge in [0, 0.05) is 9.47 Å². The molecule has 1 rings (SSSR count). The van der Waals surface area contributed by atoms with E-state index in [1.54, 1.807) is 0 Å². The minimum absolute atomic E-state index is 0.00777. The maximum atomic E-state index is 9.45. The van der Waals surface area contributed by atoms with Crippen molar-refractivity contribution in [3.63, 3.8) is 0 Å². The van der Waals surface area contributed by atoms with E-state index in [-0.39, 0.29) is 35.2 Å². The largest absolute Gasteiger partial charge is 0.394 e. The molecule has 0 spiro atoms. The molecule has 0 aromatic carbocycles. The maximum Gasteiger partial charge on any atom is 0.111 e. The molecule has 21 heavy (non-hydrogen) atoms. The van der Waals surface area contributed by atoms with Gasteiger partial charge in [0.05, 0.1) is 12.7 Å². The molecule has 124 valence electrons. The number of aliphatic hydroxyl groups is 1. The van der Waals surface area contributed by atoms with Crippen molar-refractivity contribution in [2.24, 2.45) is 16.7 Å². The zero-order chi connectivity index (χ0) is 16.5. The number of rotatable bonds is 6. The molecule has 1 heterocycles. The second-order valence-corrected chi connectivity index (χ2v) is 8.71. The van der Waals surface area contributed by atoms with Crippen LogP contribution in [0, 0.1) is 16.7 Å². The summed E-state index contributed by atoms with van der Waals surface area (Å²) in [5.41, 5.74) is -0.0847. The number of aliphatic hydroxyl groups excluding tert-OH is 1. The Morgan fingerprint density at radius 3 is 2.19 bits per heavy atom. The van der Waals surface area contributed by atoms with Crippen molar-refractivity contribution in [3.8, 4) is 0 Å². The van der Waals surface area contributed by atoms with Crippen molar-refractivity contribution in [1.82, 2.24) is 0 Å². The van der Waals surface area contributed by atoms with Crippen LogP contribution in [-0.4, -0.2) is 29.5 Å². The van der Waals surface area contributed by atoms with Crippen LogP contribution >= 0.6 is 9.47 Å². The molecule has 4 heteroatoms. The molecular weight excluding hydrogens is 283 g/mol. The fourth-order valence-electron chi connectivity index (χ4n) is 2.90. The molecule has 1 fully saturated rings. The molecule has 0 aliphatic carbocycles. The lowest BCUT2D eigenvalue weighted by Crippen LogP contribution is -2.37. The van der Waals surface area contributed by atoms with Gasteiger partial charge in [-0.3, -0.25) is 0 Å². The molecule has 0 bridgehead atoms. The van der Waals surface area contributed by atoms with Crippen LogP contribution in [0.2, 0.25) is 0 Å². The van der Waals surface area contributed by atoms with Crippen molar-refractivity contribution in [1.29, 1.82) is 0 Å². The third-order valence-electron chi connectivity index (χ3n) is 4.38. The first-order valence-corrected chi connectivity index (χ1v) is 8.27. The number of hydrogen-bond donors (Lipinski definition) is 1. The van der Waals surface area contributed by atoms with Crippen LogP contribution in [0.15, 0.2) is 12.2 Å². The van der Waals surface area contributed by atoms with E-state index in [4.69, 9.17) is 9.26 Å². The normalized spacial score (nSPS) is 29.7. The van der Waals surface area contributed by atoms with Gasteiger partial charge in [0.1, 0.15) is 11.7 Å². The molecule has 1 saturated heterocycles. The molecule has 0 amide bonds. The summed E-state index contributed by atoms with van der Waals surface area (Å²) in [6.45, 7) is 15.3. The average Bonchev–Trinajstić information content (AvgIpc) is 3.02. The lowest BCUT2D eigenvalue weighted by Gasteiger charge is -2.32. The van der Waals surface area contributed by atoms with Crippen LogP contribution in [0.5, 0.6) is 0 Å². The highest BCUT2D eigenvalue weighted by atomic mass is 31.0. The average molecular weight is 316 g/mol. The molecule has 0 aromatic heterocycles. The van der Waals surface area contributed by atoms with Gasteiger partial charge in [0.2, 0.25) is 0 Å².